The van der Waals surface area contributed by atoms with Gasteiger partial charge in [-0.15, -0.1) is 11.8 Å². The first-order valence-corrected chi connectivity index (χ1v) is 15.5. The lowest BCUT2D eigenvalue weighted by Gasteiger charge is -2.44. The van der Waals surface area contributed by atoms with Crippen molar-refractivity contribution in [3.05, 3.63) is 58.9 Å². The number of piperazine rings is 1. The Labute approximate surface area is 259 Å². The van der Waals surface area contributed by atoms with Crippen LogP contribution in [0.1, 0.15) is 19.4 Å². The van der Waals surface area contributed by atoms with Gasteiger partial charge >= 0.3 is 11.9 Å². The number of amides is 1. The van der Waals surface area contributed by atoms with E-state index in [1.165, 1.54) is 39.4 Å². The molecule has 9 nitrogen and oxygen atoms in total. The second-order valence-electron chi connectivity index (χ2n) is 12.3. The Morgan fingerprint density at radius 1 is 1.16 bits per heavy atom. The maximum Gasteiger partial charge on any atom is 0.417 e. The van der Waals surface area contributed by atoms with E-state index in [2.05, 4.69) is 16.7 Å². The number of carbonyl (C=O) groups is 1. The van der Waals surface area contributed by atoms with Gasteiger partial charge in [-0.2, -0.15) is 23.3 Å². The first kappa shape index (κ1) is 29.8. The summed E-state index contributed by atoms with van der Waals surface area (Å²) in [6.07, 6.45) is -2.17. The molecule has 1 amide bonds. The molecule has 236 valence electrons. The lowest BCUT2D eigenvalue weighted by Crippen LogP contribution is -2.58. The maximum absolute atomic E-state index is 15.9. The van der Waals surface area contributed by atoms with E-state index in [0.29, 0.717) is 24.4 Å². The molecule has 0 radical (unpaired) electrons. The zero-order valence-electron chi connectivity index (χ0n) is 24.8. The summed E-state index contributed by atoms with van der Waals surface area (Å²) in [7, 11) is 1.56. The standard InChI is InChI=1S/C31H30F4N6O3S/c1-5-22(42)41-16(2)10-39(11-17(41)3)28-19-8-20(31(33,34)35)23(24-21(32)7-6-18-9-36-38(4)25(18)24)27-26(19)40(29(43)37-28)12-30(15-45-27)13-44-14-30/h5-9,16-17H,1,10-15H2,2-4H3/t16-,17+. The van der Waals surface area contributed by atoms with Gasteiger partial charge in [0.1, 0.15) is 11.6 Å². The fourth-order valence-corrected chi connectivity index (χ4v) is 8.50. The van der Waals surface area contributed by atoms with Gasteiger partial charge in [0.25, 0.3) is 0 Å². The third kappa shape index (κ3) is 4.55. The molecule has 0 unspecified atom stereocenters. The number of alkyl halides is 3. The third-order valence-corrected chi connectivity index (χ3v) is 10.5. The summed E-state index contributed by atoms with van der Waals surface area (Å²) < 4.78 is 69.9. The van der Waals surface area contributed by atoms with Crippen LogP contribution in [0.25, 0.3) is 32.9 Å². The van der Waals surface area contributed by atoms with Crippen molar-refractivity contribution in [2.75, 3.05) is 37.0 Å². The molecule has 1 spiro atoms. The fourth-order valence-electron chi connectivity index (χ4n) is 7.08. The Morgan fingerprint density at radius 3 is 2.49 bits per heavy atom. The van der Waals surface area contributed by atoms with Gasteiger partial charge in [0, 0.05) is 76.7 Å². The minimum atomic E-state index is -4.88. The summed E-state index contributed by atoms with van der Waals surface area (Å²) in [5, 5.41) is 4.83. The van der Waals surface area contributed by atoms with Crippen molar-refractivity contribution in [1.82, 2.24) is 24.2 Å². The van der Waals surface area contributed by atoms with Crippen molar-refractivity contribution in [1.29, 1.82) is 0 Å². The highest BCUT2D eigenvalue weighted by molar-refractivity contribution is 7.99. The maximum atomic E-state index is 15.9. The van der Waals surface area contributed by atoms with Crippen LogP contribution in [0.3, 0.4) is 0 Å². The van der Waals surface area contributed by atoms with Crippen LogP contribution >= 0.6 is 11.8 Å². The van der Waals surface area contributed by atoms with E-state index >= 15 is 17.6 Å². The molecule has 7 rings (SSSR count). The lowest BCUT2D eigenvalue weighted by atomic mass is 9.88. The van der Waals surface area contributed by atoms with E-state index in [-0.39, 0.29) is 75.9 Å². The number of benzene rings is 2. The smallest absolute Gasteiger partial charge is 0.380 e. The van der Waals surface area contributed by atoms with Crippen LogP contribution in [-0.4, -0.2) is 74.3 Å². The summed E-state index contributed by atoms with van der Waals surface area (Å²) in [5.41, 5.74) is -2.17. The van der Waals surface area contributed by atoms with E-state index in [0.717, 1.165) is 12.1 Å². The van der Waals surface area contributed by atoms with Crippen molar-refractivity contribution in [2.45, 2.75) is 43.5 Å². The number of carbonyl (C=O) groups excluding carboxylic acids is 1. The van der Waals surface area contributed by atoms with E-state index in [4.69, 9.17) is 4.74 Å². The number of nitrogens with zero attached hydrogens (tertiary/aromatic N) is 6. The molecule has 2 fully saturated rings. The van der Waals surface area contributed by atoms with E-state index in [1.807, 2.05) is 13.8 Å². The predicted molar refractivity (Wildman–Crippen MR) is 163 cm³/mol. The summed E-state index contributed by atoms with van der Waals surface area (Å²) in [5.74, 6) is -0.607. The molecule has 0 saturated carbocycles. The van der Waals surface area contributed by atoms with E-state index < -0.39 is 28.7 Å². The molecule has 2 atom stereocenters. The van der Waals surface area contributed by atoms with Gasteiger partial charge in [0.15, 0.2) is 0 Å². The van der Waals surface area contributed by atoms with Gasteiger partial charge in [-0.05, 0) is 38.1 Å². The number of hydrogen-bond acceptors (Lipinski definition) is 7. The minimum Gasteiger partial charge on any atom is -0.380 e. The molecule has 3 aliphatic heterocycles. The molecular weight excluding hydrogens is 612 g/mol. The molecule has 4 aromatic rings. The number of hydrogen-bond donors (Lipinski definition) is 0. The van der Waals surface area contributed by atoms with Gasteiger partial charge in [-0.1, -0.05) is 6.58 Å². The molecule has 0 N–H and O–H groups in total. The van der Waals surface area contributed by atoms with Crippen LogP contribution in [-0.2, 0) is 29.3 Å². The molecule has 0 aliphatic carbocycles. The summed E-state index contributed by atoms with van der Waals surface area (Å²) in [6.45, 7) is 8.60. The average molecular weight is 643 g/mol. The number of halogens is 4. The van der Waals surface area contributed by atoms with Crippen LogP contribution in [0.15, 0.2) is 46.7 Å². The van der Waals surface area contributed by atoms with Gasteiger partial charge in [0.05, 0.1) is 36.0 Å². The Hall–Kier alpha value is -3.91. The number of fused-ring (bicyclic) bond motifs is 1. The summed E-state index contributed by atoms with van der Waals surface area (Å²) >= 11 is 1.19. The SMILES string of the molecule is C=CC(=O)N1[C@H](C)CN(c2nc(=O)n3c4c(c(-c5c(F)ccc6cnn(C)c56)c(C(F)(F)F)cc24)SCC2(COC2)C3)C[C@@H]1C. The second-order valence-corrected chi connectivity index (χ2v) is 13.3. The van der Waals surface area contributed by atoms with Crippen molar-refractivity contribution >= 4 is 45.3 Å². The topological polar surface area (TPSA) is 85.5 Å². The third-order valence-electron chi connectivity index (χ3n) is 9.09. The fraction of sp³-hybridized carbons (Fsp3) is 0.419. The van der Waals surface area contributed by atoms with Crippen molar-refractivity contribution in [3.8, 4) is 11.1 Å². The van der Waals surface area contributed by atoms with Crippen LogP contribution in [0.5, 0.6) is 0 Å². The zero-order chi connectivity index (χ0) is 32.0. The monoisotopic (exact) mass is 642 g/mol. The highest BCUT2D eigenvalue weighted by atomic mass is 32.2. The molecular formula is C31H30F4N6O3S. The molecule has 0 bridgehead atoms. The quantitative estimate of drug-likeness (QED) is 0.234. The molecule has 14 heteroatoms. The highest BCUT2D eigenvalue weighted by Crippen LogP contribution is 2.52. The molecule has 3 aliphatic rings. The van der Waals surface area contributed by atoms with E-state index in [1.54, 1.807) is 16.8 Å². The second kappa shape index (κ2) is 10.3. The Bertz CT molecular complexity index is 1960. The van der Waals surface area contributed by atoms with Crippen molar-refractivity contribution in [2.24, 2.45) is 12.5 Å². The first-order chi connectivity index (χ1) is 21.3. The average Bonchev–Trinajstić information content (AvgIpc) is 3.22. The van der Waals surface area contributed by atoms with Gasteiger partial charge in [0.2, 0.25) is 5.91 Å². The summed E-state index contributed by atoms with van der Waals surface area (Å²) in [6, 6.07) is 2.97. The van der Waals surface area contributed by atoms with Crippen molar-refractivity contribution < 1.29 is 27.1 Å². The van der Waals surface area contributed by atoms with Crippen LogP contribution < -0.4 is 10.6 Å². The number of rotatable bonds is 3. The normalized spacial score (nSPS) is 21.3. The van der Waals surface area contributed by atoms with Gasteiger partial charge in [-0.25, -0.2) is 9.18 Å². The molecule has 5 heterocycles. The number of anilines is 1. The van der Waals surface area contributed by atoms with Crippen LogP contribution in [0.4, 0.5) is 23.4 Å². The largest absolute Gasteiger partial charge is 0.417 e. The number of thioether (sulfide) groups is 1. The lowest BCUT2D eigenvalue weighted by molar-refractivity contribution is -0.137. The summed E-state index contributed by atoms with van der Waals surface area (Å²) in [4.78, 5) is 34.4. The number of aromatic nitrogens is 4. The highest BCUT2D eigenvalue weighted by Gasteiger charge is 2.45. The Morgan fingerprint density at radius 2 is 1.87 bits per heavy atom. The molecule has 45 heavy (non-hydrogen) atoms. The number of ether oxygens (including phenoxy) is 1. The van der Waals surface area contributed by atoms with Crippen LogP contribution in [0, 0.1) is 11.2 Å². The molecule has 2 aromatic carbocycles. The zero-order valence-corrected chi connectivity index (χ0v) is 25.6. The Balaban J connectivity index is 1.56. The van der Waals surface area contributed by atoms with E-state index in [9.17, 15) is 9.59 Å². The number of aryl methyl sites for hydroxylation is 1. The Kier molecular flexibility index (Phi) is 6.82. The van der Waals surface area contributed by atoms with Gasteiger partial charge < -0.3 is 14.5 Å². The van der Waals surface area contributed by atoms with Crippen molar-refractivity contribution in [3.63, 3.8) is 0 Å². The predicted octanol–water partition coefficient (Wildman–Crippen LogP) is 4.84. The van der Waals surface area contributed by atoms with Crippen LogP contribution in [0.2, 0.25) is 0 Å². The molecule has 2 aromatic heterocycles. The molecule has 2 saturated heterocycles. The first-order valence-electron chi connectivity index (χ1n) is 14.5. The minimum absolute atomic E-state index is 0.106. The van der Waals surface area contributed by atoms with Gasteiger partial charge in [-0.3, -0.25) is 14.0 Å².